The highest BCUT2D eigenvalue weighted by atomic mass is 16.5. The Morgan fingerprint density at radius 3 is 2.64 bits per heavy atom. The lowest BCUT2D eigenvalue weighted by molar-refractivity contribution is 0.411. The van der Waals surface area contributed by atoms with Gasteiger partial charge < -0.3 is 15.8 Å². The van der Waals surface area contributed by atoms with Crippen LogP contribution in [0.2, 0.25) is 0 Å². The van der Waals surface area contributed by atoms with Crippen LogP contribution in [0.25, 0.3) is 5.70 Å². The molecule has 0 amide bonds. The molecule has 0 atom stereocenters. The van der Waals surface area contributed by atoms with Crippen LogP contribution in [0.5, 0.6) is 5.75 Å². The van der Waals surface area contributed by atoms with Crippen LogP contribution in [0, 0.1) is 6.92 Å². The predicted molar refractivity (Wildman–Crippen MR) is 105 cm³/mol. The molecule has 0 fully saturated rings. The van der Waals surface area contributed by atoms with Gasteiger partial charge in [-0.2, -0.15) is 5.10 Å². The Morgan fingerprint density at radius 1 is 1.24 bits per heavy atom. The van der Waals surface area contributed by atoms with E-state index >= 15 is 0 Å². The molecular weight excluding hydrogens is 312 g/mol. The molecule has 1 aliphatic heterocycles. The summed E-state index contributed by atoms with van der Waals surface area (Å²) >= 11 is 0. The Kier molecular flexibility index (Phi) is 7.07. The van der Waals surface area contributed by atoms with Gasteiger partial charge in [0.1, 0.15) is 11.6 Å². The predicted octanol–water partition coefficient (Wildman–Crippen LogP) is 3.82. The Labute approximate surface area is 150 Å². The second kappa shape index (κ2) is 9.28. The normalized spacial score (nSPS) is 12.4. The fraction of sp³-hybridized carbons (Fsp3) is 0.450. The number of unbranched alkanes of at least 4 members (excludes halogenated alkanes) is 1. The van der Waals surface area contributed by atoms with Crippen molar-refractivity contribution in [2.75, 3.05) is 25.5 Å². The summed E-state index contributed by atoms with van der Waals surface area (Å²) in [5.74, 6) is 1.90. The molecule has 0 saturated heterocycles. The number of ether oxygens (including phenoxy) is 1. The molecule has 0 bridgehead atoms. The summed E-state index contributed by atoms with van der Waals surface area (Å²) in [6.07, 6.45) is 5.56. The lowest BCUT2D eigenvalue weighted by Crippen LogP contribution is -2.15. The standard InChI is InChI=1S/C16H20N4O.C4H10/c1-11-3-4-12(9-15(11)21-2)14-6-8-18-16-10-13(5-7-17)19-20(14)16;1-3-4-2/h3-4,6,9-10,18H,5,7-8,17H2,1-2H3;3-4H2,1-2H3. The van der Waals surface area contributed by atoms with E-state index in [9.17, 15) is 0 Å². The minimum absolute atomic E-state index is 0.605. The Morgan fingerprint density at radius 2 is 2.00 bits per heavy atom. The van der Waals surface area contributed by atoms with E-state index in [4.69, 9.17) is 10.5 Å². The highest BCUT2D eigenvalue weighted by Gasteiger charge is 2.17. The lowest BCUT2D eigenvalue weighted by atomic mass is 10.1. The smallest absolute Gasteiger partial charge is 0.130 e. The van der Waals surface area contributed by atoms with Crippen molar-refractivity contribution in [1.29, 1.82) is 0 Å². The van der Waals surface area contributed by atoms with E-state index < -0.39 is 0 Å². The summed E-state index contributed by atoms with van der Waals surface area (Å²) in [4.78, 5) is 0. The third-order valence-corrected chi connectivity index (χ3v) is 4.17. The molecule has 0 saturated carbocycles. The maximum atomic E-state index is 5.62. The zero-order chi connectivity index (χ0) is 18.2. The molecule has 0 radical (unpaired) electrons. The van der Waals surface area contributed by atoms with Crippen LogP contribution in [0.1, 0.15) is 43.5 Å². The highest BCUT2D eigenvalue weighted by molar-refractivity contribution is 5.72. The molecule has 0 aliphatic carbocycles. The summed E-state index contributed by atoms with van der Waals surface area (Å²) in [6.45, 7) is 7.80. The van der Waals surface area contributed by atoms with Crippen LogP contribution in [0.4, 0.5) is 5.82 Å². The number of nitrogens with zero attached hydrogens (tertiary/aromatic N) is 2. The van der Waals surface area contributed by atoms with E-state index in [-0.39, 0.29) is 0 Å². The van der Waals surface area contributed by atoms with Crippen molar-refractivity contribution in [3.63, 3.8) is 0 Å². The van der Waals surface area contributed by atoms with Crippen LogP contribution in [0.3, 0.4) is 0 Å². The van der Waals surface area contributed by atoms with E-state index in [1.54, 1.807) is 7.11 Å². The van der Waals surface area contributed by atoms with Gasteiger partial charge in [0.15, 0.2) is 0 Å². The maximum Gasteiger partial charge on any atom is 0.130 e. The van der Waals surface area contributed by atoms with Crippen molar-refractivity contribution in [3.05, 3.63) is 47.2 Å². The van der Waals surface area contributed by atoms with Crippen molar-refractivity contribution in [1.82, 2.24) is 9.78 Å². The van der Waals surface area contributed by atoms with Crippen molar-refractivity contribution in [2.24, 2.45) is 5.73 Å². The van der Waals surface area contributed by atoms with Gasteiger partial charge in [-0.05, 0) is 31.2 Å². The number of fused-ring (bicyclic) bond motifs is 1. The molecule has 136 valence electrons. The Bertz CT molecular complexity index is 716. The van der Waals surface area contributed by atoms with E-state index in [0.29, 0.717) is 6.54 Å². The summed E-state index contributed by atoms with van der Waals surface area (Å²) < 4.78 is 7.36. The van der Waals surface area contributed by atoms with Gasteiger partial charge in [0.2, 0.25) is 0 Å². The third-order valence-electron chi connectivity index (χ3n) is 4.17. The molecule has 2 aromatic rings. The van der Waals surface area contributed by atoms with Crippen molar-refractivity contribution in [2.45, 2.75) is 40.0 Å². The van der Waals surface area contributed by atoms with Gasteiger partial charge in [0, 0.05) is 24.6 Å². The van der Waals surface area contributed by atoms with Crippen molar-refractivity contribution in [3.8, 4) is 5.75 Å². The lowest BCUT2D eigenvalue weighted by Gasteiger charge is -2.18. The average molecular weight is 342 g/mol. The van der Waals surface area contributed by atoms with Gasteiger partial charge in [-0.1, -0.05) is 38.8 Å². The van der Waals surface area contributed by atoms with Crippen LogP contribution < -0.4 is 15.8 Å². The highest BCUT2D eigenvalue weighted by Crippen LogP contribution is 2.29. The Hall–Kier alpha value is -2.27. The van der Waals surface area contributed by atoms with Crippen LogP contribution in [-0.2, 0) is 6.42 Å². The number of nitrogens with two attached hydrogens (primary N) is 1. The fourth-order valence-electron chi connectivity index (χ4n) is 2.57. The second-order valence-electron chi connectivity index (χ2n) is 6.13. The molecule has 5 heteroatoms. The zero-order valence-corrected chi connectivity index (χ0v) is 15.8. The number of aromatic nitrogens is 2. The summed E-state index contributed by atoms with van der Waals surface area (Å²) in [5.41, 5.74) is 9.92. The first-order valence-corrected chi connectivity index (χ1v) is 9.03. The molecule has 3 N–H and O–H groups in total. The summed E-state index contributed by atoms with van der Waals surface area (Å²) in [7, 11) is 1.70. The first kappa shape index (κ1) is 19.1. The van der Waals surface area contributed by atoms with E-state index in [1.165, 1.54) is 12.8 Å². The number of nitrogens with one attached hydrogen (secondary N) is 1. The first-order valence-electron chi connectivity index (χ1n) is 9.03. The van der Waals surface area contributed by atoms with E-state index in [1.807, 2.05) is 11.6 Å². The number of methoxy groups -OCH3 is 1. The minimum atomic E-state index is 0.605. The van der Waals surface area contributed by atoms with E-state index in [2.05, 4.69) is 54.6 Å². The maximum absolute atomic E-state index is 5.62. The molecule has 0 unspecified atom stereocenters. The summed E-state index contributed by atoms with van der Waals surface area (Å²) in [5, 5.41) is 7.97. The fourth-order valence-corrected chi connectivity index (χ4v) is 2.57. The quantitative estimate of drug-likeness (QED) is 0.867. The van der Waals surface area contributed by atoms with Gasteiger partial charge in [0.05, 0.1) is 18.5 Å². The topological polar surface area (TPSA) is 65.1 Å². The Balaban J connectivity index is 0.000000511. The summed E-state index contributed by atoms with van der Waals surface area (Å²) in [6, 6.07) is 8.29. The zero-order valence-electron chi connectivity index (χ0n) is 15.8. The van der Waals surface area contributed by atoms with Crippen LogP contribution in [-0.4, -0.2) is 30.0 Å². The number of hydrogen-bond donors (Lipinski definition) is 2. The molecular formula is C20H30N4O. The molecule has 2 heterocycles. The molecule has 0 spiro atoms. The molecule has 1 aromatic heterocycles. The monoisotopic (exact) mass is 342 g/mol. The van der Waals surface area contributed by atoms with E-state index in [0.717, 1.165) is 47.1 Å². The van der Waals surface area contributed by atoms with Gasteiger partial charge in [-0.15, -0.1) is 0 Å². The SMILES string of the molecule is CCCC.COc1cc(C2=CCNc3cc(CCN)nn32)ccc1C. The van der Waals surface area contributed by atoms with Crippen molar-refractivity contribution < 1.29 is 4.74 Å². The third kappa shape index (κ3) is 4.63. The molecule has 25 heavy (non-hydrogen) atoms. The van der Waals surface area contributed by atoms with Gasteiger partial charge >= 0.3 is 0 Å². The van der Waals surface area contributed by atoms with Gasteiger partial charge in [-0.3, -0.25) is 0 Å². The molecule has 1 aliphatic rings. The van der Waals surface area contributed by atoms with Crippen molar-refractivity contribution >= 4 is 11.5 Å². The number of rotatable bonds is 5. The van der Waals surface area contributed by atoms with Gasteiger partial charge in [0.25, 0.3) is 0 Å². The van der Waals surface area contributed by atoms with Gasteiger partial charge in [-0.25, -0.2) is 4.68 Å². The second-order valence-corrected chi connectivity index (χ2v) is 6.13. The molecule has 5 nitrogen and oxygen atoms in total. The largest absolute Gasteiger partial charge is 0.496 e. The molecule has 1 aromatic carbocycles. The van der Waals surface area contributed by atoms with Crippen LogP contribution >= 0.6 is 0 Å². The molecule has 3 rings (SSSR count). The van der Waals surface area contributed by atoms with Crippen LogP contribution in [0.15, 0.2) is 30.3 Å². The average Bonchev–Trinajstić information content (AvgIpc) is 3.05. The number of anilines is 1. The number of hydrogen-bond acceptors (Lipinski definition) is 4. The number of benzene rings is 1. The minimum Gasteiger partial charge on any atom is -0.496 e. The first-order chi connectivity index (χ1) is 12.1. The number of aryl methyl sites for hydroxylation is 1.